The molecule has 0 aliphatic carbocycles. The van der Waals surface area contributed by atoms with E-state index in [0.29, 0.717) is 6.42 Å². The number of carboxylic acids is 1. The maximum Gasteiger partial charge on any atom is 0.306 e. The highest BCUT2D eigenvalue weighted by Crippen LogP contribution is 2.19. The fourth-order valence-electron chi connectivity index (χ4n) is 6.86. The molecule has 0 aliphatic heterocycles. The molecule has 0 aromatic rings. The molecule has 1 unspecified atom stereocenters. The monoisotopic (exact) mass is 703 g/mol. The third-order valence-corrected chi connectivity index (χ3v) is 10.2. The van der Waals surface area contributed by atoms with Gasteiger partial charge in [-0.15, -0.1) is 0 Å². The third-order valence-electron chi connectivity index (χ3n) is 10.2. The Hall–Kier alpha value is -1.58. The SMILES string of the molecule is CCCCC/C=C\C/C=C\CCCCCCCCCCCC(=O)OC(CCCCCCCCCCCCCCCC)CCCCCCC(=O)O. The van der Waals surface area contributed by atoms with Crippen LogP contribution in [0.2, 0.25) is 0 Å². The van der Waals surface area contributed by atoms with Gasteiger partial charge in [0, 0.05) is 12.8 Å². The standard InChI is InChI=1S/C46H86O4/c1-3-5-7-9-11-13-15-17-19-20-21-22-23-25-27-29-31-33-39-43-46(49)50-44(41-37-34-35-38-42-45(47)48)40-36-32-30-28-26-24-18-16-14-12-10-8-6-4-2/h11,13,17,19,44H,3-10,12,14-16,18,20-43H2,1-2H3,(H,47,48)/b13-11-,19-17-. The Labute approximate surface area is 312 Å². The molecule has 4 nitrogen and oxygen atoms in total. The molecule has 0 aliphatic rings. The van der Waals surface area contributed by atoms with Gasteiger partial charge in [0.2, 0.25) is 0 Å². The molecule has 0 spiro atoms. The molecule has 0 radical (unpaired) electrons. The van der Waals surface area contributed by atoms with Gasteiger partial charge in [-0.1, -0.05) is 192 Å². The zero-order chi connectivity index (χ0) is 36.4. The van der Waals surface area contributed by atoms with Gasteiger partial charge in [0.1, 0.15) is 6.10 Å². The largest absolute Gasteiger partial charge is 0.481 e. The molecule has 0 rings (SSSR count). The summed E-state index contributed by atoms with van der Waals surface area (Å²) >= 11 is 0. The molecule has 294 valence electrons. The lowest BCUT2D eigenvalue weighted by atomic mass is 10.0. The number of aliphatic carboxylic acids is 1. The maximum absolute atomic E-state index is 12.7. The van der Waals surface area contributed by atoms with Gasteiger partial charge in [0.25, 0.3) is 0 Å². The van der Waals surface area contributed by atoms with Gasteiger partial charge in [0.05, 0.1) is 0 Å². The van der Waals surface area contributed by atoms with Crippen molar-refractivity contribution >= 4 is 11.9 Å². The van der Waals surface area contributed by atoms with Gasteiger partial charge >= 0.3 is 11.9 Å². The van der Waals surface area contributed by atoms with Crippen molar-refractivity contribution < 1.29 is 19.4 Å². The number of carbonyl (C=O) groups excluding carboxylic acids is 1. The van der Waals surface area contributed by atoms with Gasteiger partial charge in [-0.3, -0.25) is 9.59 Å². The molecular weight excluding hydrogens is 617 g/mol. The van der Waals surface area contributed by atoms with Crippen LogP contribution in [-0.2, 0) is 14.3 Å². The van der Waals surface area contributed by atoms with Crippen LogP contribution in [0, 0.1) is 0 Å². The van der Waals surface area contributed by atoms with E-state index in [1.54, 1.807) is 0 Å². The van der Waals surface area contributed by atoms with E-state index in [2.05, 4.69) is 38.2 Å². The van der Waals surface area contributed by atoms with E-state index in [1.165, 1.54) is 161 Å². The summed E-state index contributed by atoms with van der Waals surface area (Å²) in [5.41, 5.74) is 0. The molecule has 1 N–H and O–H groups in total. The Morgan fingerprint density at radius 3 is 1.22 bits per heavy atom. The van der Waals surface area contributed by atoms with Crippen LogP contribution < -0.4 is 0 Å². The smallest absolute Gasteiger partial charge is 0.306 e. The van der Waals surface area contributed by atoms with Crippen LogP contribution >= 0.6 is 0 Å². The van der Waals surface area contributed by atoms with Crippen molar-refractivity contribution in [1.29, 1.82) is 0 Å². The van der Waals surface area contributed by atoms with Crippen molar-refractivity contribution in [2.24, 2.45) is 0 Å². The molecule has 0 bridgehead atoms. The lowest BCUT2D eigenvalue weighted by Gasteiger charge is -2.18. The average Bonchev–Trinajstić information content (AvgIpc) is 3.10. The predicted octanol–water partition coefficient (Wildman–Crippen LogP) is 15.6. The maximum atomic E-state index is 12.7. The minimum atomic E-state index is -0.708. The highest BCUT2D eigenvalue weighted by molar-refractivity contribution is 5.69. The second-order valence-electron chi connectivity index (χ2n) is 15.2. The van der Waals surface area contributed by atoms with Gasteiger partial charge in [-0.2, -0.15) is 0 Å². The van der Waals surface area contributed by atoms with Crippen molar-refractivity contribution in [3.63, 3.8) is 0 Å². The summed E-state index contributed by atoms with van der Waals surface area (Å²) in [6, 6.07) is 0. The van der Waals surface area contributed by atoms with Gasteiger partial charge in [0.15, 0.2) is 0 Å². The summed E-state index contributed by atoms with van der Waals surface area (Å²) in [6.45, 7) is 4.54. The number of esters is 1. The number of hydrogen-bond donors (Lipinski definition) is 1. The van der Waals surface area contributed by atoms with Gasteiger partial charge < -0.3 is 9.84 Å². The van der Waals surface area contributed by atoms with Crippen molar-refractivity contribution in [2.45, 2.75) is 258 Å². The molecule has 0 aromatic carbocycles. The molecule has 0 saturated heterocycles. The summed E-state index contributed by atoms with van der Waals surface area (Å²) in [7, 11) is 0. The van der Waals surface area contributed by atoms with Crippen LogP contribution in [0.5, 0.6) is 0 Å². The Morgan fingerprint density at radius 2 is 0.780 bits per heavy atom. The van der Waals surface area contributed by atoms with E-state index in [0.717, 1.165) is 64.2 Å². The lowest BCUT2D eigenvalue weighted by Crippen LogP contribution is -2.18. The first kappa shape index (κ1) is 48.4. The number of hydrogen-bond acceptors (Lipinski definition) is 3. The number of carboxylic acid groups (broad SMARTS) is 1. The summed E-state index contributed by atoms with van der Waals surface area (Å²) < 4.78 is 6.00. The Morgan fingerprint density at radius 1 is 0.440 bits per heavy atom. The number of carbonyl (C=O) groups is 2. The molecule has 0 amide bonds. The molecule has 0 fully saturated rings. The Balaban J connectivity index is 3.92. The molecule has 4 heteroatoms. The van der Waals surface area contributed by atoms with Crippen LogP contribution in [0.25, 0.3) is 0 Å². The highest BCUT2D eigenvalue weighted by Gasteiger charge is 2.14. The molecule has 1 atom stereocenters. The van der Waals surface area contributed by atoms with Crippen LogP contribution in [-0.4, -0.2) is 23.1 Å². The van der Waals surface area contributed by atoms with Gasteiger partial charge in [-0.05, 0) is 70.6 Å². The molecule has 0 heterocycles. The summed E-state index contributed by atoms with van der Waals surface area (Å²) in [6.07, 6.45) is 53.5. The predicted molar refractivity (Wildman–Crippen MR) is 218 cm³/mol. The zero-order valence-corrected chi connectivity index (χ0v) is 33.7. The molecule has 50 heavy (non-hydrogen) atoms. The fraction of sp³-hybridized carbons (Fsp3) is 0.870. The Kier molecular flexibility index (Phi) is 40.5. The topological polar surface area (TPSA) is 63.6 Å². The quantitative estimate of drug-likeness (QED) is 0.0391. The second-order valence-corrected chi connectivity index (χ2v) is 15.2. The first-order chi connectivity index (χ1) is 24.6. The van der Waals surface area contributed by atoms with E-state index in [1.807, 2.05) is 0 Å². The van der Waals surface area contributed by atoms with Crippen molar-refractivity contribution in [3.05, 3.63) is 24.3 Å². The van der Waals surface area contributed by atoms with Crippen LogP contribution in [0.15, 0.2) is 24.3 Å². The molecule has 0 aromatic heterocycles. The van der Waals surface area contributed by atoms with E-state index in [9.17, 15) is 9.59 Å². The van der Waals surface area contributed by atoms with E-state index in [-0.39, 0.29) is 18.5 Å². The minimum absolute atomic E-state index is 0.0108. The van der Waals surface area contributed by atoms with Crippen molar-refractivity contribution in [2.75, 3.05) is 0 Å². The van der Waals surface area contributed by atoms with E-state index < -0.39 is 5.97 Å². The average molecular weight is 703 g/mol. The van der Waals surface area contributed by atoms with Crippen LogP contribution in [0.3, 0.4) is 0 Å². The number of rotatable bonds is 41. The first-order valence-corrected chi connectivity index (χ1v) is 22.3. The normalized spacial score (nSPS) is 12.4. The van der Waals surface area contributed by atoms with Crippen LogP contribution in [0.4, 0.5) is 0 Å². The summed E-state index contributed by atoms with van der Waals surface area (Å²) in [5, 5.41) is 8.88. The highest BCUT2D eigenvalue weighted by atomic mass is 16.5. The molecular formula is C46H86O4. The fourth-order valence-corrected chi connectivity index (χ4v) is 6.86. The minimum Gasteiger partial charge on any atom is -0.481 e. The Bertz CT molecular complexity index is 757. The van der Waals surface area contributed by atoms with Crippen molar-refractivity contribution in [3.8, 4) is 0 Å². The summed E-state index contributed by atoms with van der Waals surface area (Å²) in [4.78, 5) is 23.5. The van der Waals surface area contributed by atoms with Crippen molar-refractivity contribution in [1.82, 2.24) is 0 Å². The van der Waals surface area contributed by atoms with E-state index >= 15 is 0 Å². The zero-order valence-electron chi connectivity index (χ0n) is 33.7. The summed E-state index contributed by atoms with van der Waals surface area (Å²) in [5.74, 6) is -0.719. The first-order valence-electron chi connectivity index (χ1n) is 22.3. The van der Waals surface area contributed by atoms with Gasteiger partial charge in [-0.25, -0.2) is 0 Å². The second kappa shape index (κ2) is 41.8. The number of allylic oxidation sites excluding steroid dienone is 4. The lowest BCUT2D eigenvalue weighted by molar-refractivity contribution is -0.150. The number of unbranched alkanes of at least 4 members (excludes halogenated alkanes) is 28. The number of ether oxygens (including phenoxy) is 1. The van der Waals surface area contributed by atoms with E-state index in [4.69, 9.17) is 9.84 Å². The third kappa shape index (κ3) is 40.8. The van der Waals surface area contributed by atoms with Crippen LogP contribution in [0.1, 0.15) is 251 Å². The molecule has 0 saturated carbocycles.